The molecule has 1 nitrogen and oxygen atoms in total. The Morgan fingerprint density at radius 1 is 1.38 bits per heavy atom. The lowest BCUT2D eigenvalue weighted by atomic mass is 9.94. The maximum atomic E-state index is 9.35. The van der Waals surface area contributed by atoms with E-state index in [1.807, 2.05) is 30.3 Å². The van der Waals surface area contributed by atoms with Gasteiger partial charge in [0.1, 0.15) is 0 Å². The molecule has 0 heterocycles. The Kier molecular flexibility index (Phi) is 3.32. The number of hydrogen-bond acceptors (Lipinski definition) is 1. The van der Waals surface area contributed by atoms with Gasteiger partial charge in [0, 0.05) is 5.92 Å². The molecule has 0 radical (unpaired) electrons. The SMILES string of the molecule is C=CCC(C(=C)O)c1ccccc1. The first-order valence-electron chi connectivity index (χ1n) is 4.29. The molecule has 1 N–H and O–H groups in total. The van der Waals surface area contributed by atoms with E-state index in [0.717, 1.165) is 12.0 Å². The van der Waals surface area contributed by atoms with E-state index < -0.39 is 0 Å². The van der Waals surface area contributed by atoms with Gasteiger partial charge in [-0.3, -0.25) is 0 Å². The van der Waals surface area contributed by atoms with Gasteiger partial charge in [0.15, 0.2) is 0 Å². The molecule has 0 fully saturated rings. The first-order chi connectivity index (χ1) is 6.25. The summed E-state index contributed by atoms with van der Waals surface area (Å²) in [6, 6.07) is 9.82. The molecule has 0 spiro atoms. The Morgan fingerprint density at radius 3 is 2.46 bits per heavy atom. The van der Waals surface area contributed by atoms with E-state index in [-0.39, 0.29) is 11.7 Å². The van der Waals surface area contributed by atoms with Crippen molar-refractivity contribution in [2.45, 2.75) is 12.3 Å². The molecule has 0 amide bonds. The highest BCUT2D eigenvalue weighted by Crippen LogP contribution is 2.24. The van der Waals surface area contributed by atoms with E-state index in [2.05, 4.69) is 13.2 Å². The van der Waals surface area contributed by atoms with Gasteiger partial charge in [-0.1, -0.05) is 43.0 Å². The Hall–Kier alpha value is -1.50. The molecule has 1 heteroatoms. The van der Waals surface area contributed by atoms with E-state index >= 15 is 0 Å². The monoisotopic (exact) mass is 174 g/mol. The van der Waals surface area contributed by atoms with E-state index in [1.54, 1.807) is 6.08 Å². The first kappa shape index (κ1) is 9.59. The van der Waals surface area contributed by atoms with E-state index in [4.69, 9.17) is 0 Å². The smallest absolute Gasteiger partial charge is 0.0928 e. The molecule has 0 aliphatic carbocycles. The van der Waals surface area contributed by atoms with Crippen LogP contribution in [-0.4, -0.2) is 5.11 Å². The van der Waals surface area contributed by atoms with Crippen LogP contribution in [0.4, 0.5) is 0 Å². The summed E-state index contributed by atoms with van der Waals surface area (Å²) in [4.78, 5) is 0. The van der Waals surface area contributed by atoms with Gasteiger partial charge in [0.05, 0.1) is 5.76 Å². The van der Waals surface area contributed by atoms with Crippen molar-refractivity contribution in [3.05, 3.63) is 60.9 Å². The normalized spacial score (nSPS) is 12.0. The number of benzene rings is 1. The number of rotatable bonds is 4. The van der Waals surface area contributed by atoms with Crippen molar-refractivity contribution in [3.63, 3.8) is 0 Å². The van der Waals surface area contributed by atoms with Crippen molar-refractivity contribution in [1.29, 1.82) is 0 Å². The molecule has 0 aromatic heterocycles. The Morgan fingerprint density at radius 2 is 2.00 bits per heavy atom. The zero-order chi connectivity index (χ0) is 9.68. The highest BCUT2D eigenvalue weighted by Gasteiger charge is 2.11. The molecule has 0 aliphatic heterocycles. The van der Waals surface area contributed by atoms with Crippen LogP contribution in [0.2, 0.25) is 0 Å². The quantitative estimate of drug-likeness (QED) is 0.547. The summed E-state index contributed by atoms with van der Waals surface area (Å²) in [5.74, 6) is 0.185. The van der Waals surface area contributed by atoms with Crippen LogP contribution in [0.1, 0.15) is 17.9 Å². The standard InChI is InChI=1S/C12H14O/c1-3-7-12(10(2)13)11-8-5-4-6-9-11/h3-6,8-9,12-13H,1-2,7H2. The fourth-order valence-corrected chi connectivity index (χ4v) is 1.32. The van der Waals surface area contributed by atoms with Crippen molar-refractivity contribution < 1.29 is 5.11 Å². The fourth-order valence-electron chi connectivity index (χ4n) is 1.32. The van der Waals surface area contributed by atoms with E-state index in [0.29, 0.717) is 0 Å². The van der Waals surface area contributed by atoms with Crippen LogP contribution in [0.3, 0.4) is 0 Å². The third kappa shape index (κ3) is 2.48. The number of allylic oxidation sites excluding steroid dienone is 2. The second-order valence-corrected chi connectivity index (χ2v) is 2.98. The molecular formula is C12H14O. The van der Waals surface area contributed by atoms with Gasteiger partial charge in [0.2, 0.25) is 0 Å². The third-order valence-corrected chi connectivity index (χ3v) is 2.01. The fraction of sp³-hybridized carbons (Fsp3) is 0.167. The predicted octanol–water partition coefficient (Wildman–Crippen LogP) is 3.42. The predicted molar refractivity (Wildman–Crippen MR) is 55.8 cm³/mol. The molecular weight excluding hydrogens is 160 g/mol. The summed E-state index contributed by atoms with van der Waals surface area (Å²) >= 11 is 0. The van der Waals surface area contributed by atoms with Gasteiger partial charge in [0.25, 0.3) is 0 Å². The van der Waals surface area contributed by atoms with Gasteiger partial charge in [-0.05, 0) is 12.0 Å². The lowest BCUT2D eigenvalue weighted by molar-refractivity contribution is 0.370. The second-order valence-electron chi connectivity index (χ2n) is 2.98. The largest absolute Gasteiger partial charge is 0.512 e. The highest BCUT2D eigenvalue weighted by molar-refractivity contribution is 5.25. The van der Waals surface area contributed by atoms with Gasteiger partial charge in [-0.25, -0.2) is 0 Å². The Balaban J connectivity index is 2.88. The molecule has 1 aromatic rings. The highest BCUT2D eigenvalue weighted by atomic mass is 16.3. The molecule has 0 saturated heterocycles. The van der Waals surface area contributed by atoms with Crippen molar-refractivity contribution in [2.24, 2.45) is 0 Å². The zero-order valence-electron chi connectivity index (χ0n) is 7.61. The lowest BCUT2D eigenvalue weighted by Crippen LogP contribution is -1.99. The second kappa shape index (κ2) is 4.51. The first-order valence-corrected chi connectivity index (χ1v) is 4.29. The van der Waals surface area contributed by atoms with Gasteiger partial charge in [-0.15, -0.1) is 6.58 Å². The van der Waals surface area contributed by atoms with Crippen molar-refractivity contribution in [2.75, 3.05) is 0 Å². The van der Waals surface area contributed by atoms with Gasteiger partial charge >= 0.3 is 0 Å². The molecule has 0 aliphatic rings. The van der Waals surface area contributed by atoms with Crippen LogP contribution in [0.25, 0.3) is 0 Å². The molecule has 1 aromatic carbocycles. The number of aliphatic hydroxyl groups is 1. The molecule has 1 atom stereocenters. The van der Waals surface area contributed by atoms with Crippen LogP contribution < -0.4 is 0 Å². The maximum Gasteiger partial charge on any atom is 0.0928 e. The van der Waals surface area contributed by atoms with Crippen LogP contribution >= 0.6 is 0 Å². The third-order valence-electron chi connectivity index (χ3n) is 2.01. The minimum absolute atomic E-state index is 0.0151. The minimum Gasteiger partial charge on any atom is -0.512 e. The van der Waals surface area contributed by atoms with Crippen molar-refractivity contribution in [1.82, 2.24) is 0 Å². The maximum absolute atomic E-state index is 9.35. The van der Waals surface area contributed by atoms with Crippen LogP contribution in [0, 0.1) is 0 Å². The molecule has 1 rings (SSSR count). The van der Waals surface area contributed by atoms with E-state index in [9.17, 15) is 5.11 Å². The molecule has 0 bridgehead atoms. The summed E-state index contributed by atoms with van der Waals surface area (Å²) in [6.45, 7) is 7.21. The summed E-state index contributed by atoms with van der Waals surface area (Å²) in [5.41, 5.74) is 1.08. The molecule has 68 valence electrons. The summed E-state index contributed by atoms with van der Waals surface area (Å²) in [5, 5.41) is 9.35. The minimum atomic E-state index is -0.0151. The van der Waals surface area contributed by atoms with Gasteiger partial charge in [-0.2, -0.15) is 0 Å². The van der Waals surface area contributed by atoms with Crippen LogP contribution in [0.5, 0.6) is 0 Å². The lowest BCUT2D eigenvalue weighted by Gasteiger charge is -2.13. The number of aliphatic hydroxyl groups excluding tert-OH is 1. The van der Waals surface area contributed by atoms with Crippen molar-refractivity contribution in [3.8, 4) is 0 Å². The summed E-state index contributed by atoms with van der Waals surface area (Å²) in [6.07, 6.45) is 2.51. The summed E-state index contributed by atoms with van der Waals surface area (Å²) in [7, 11) is 0. The molecule has 1 unspecified atom stereocenters. The molecule has 0 saturated carbocycles. The van der Waals surface area contributed by atoms with Gasteiger partial charge < -0.3 is 5.11 Å². The van der Waals surface area contributed by atoms with Crippen molar-refractivity contribution >= 4 is 0 Å². The summed E-state index contributed by atoms with van der Waals surface area (Å²) < 4.78 is 0. The Labute approximate surface area is 79.0 Å². The zero-order valence-corrected chi connectivity index (χ0v) is 7.61. The van der Waals surface area contributed by atoms with E-state index in [1.165, 1.54) is 0 Å². The topological polar surface area (TPSA) is 20.2 Å². The van der Waals surface area contributed by atoms with Crippen LogP contribution in [0.15, 0.2) is 55.3 Å². The Bertz CT molecular complexity index is 287. The number of hydrogen-bond donors (Lipinski definition) is 1. The average Bonchev–Trinajstić information content (AvgIpc) is 2.15. The molecule has 13 heavy (non-hydrogen) atoms. The van der Waals surface area contributed by atoms with Crippen LogP contribution in [-0.2, 0) is 0 Å². The average molecular weight is 174 g/mol.